The number of rotatable bonds is 3. The van der Waals surface area contributed by atoms with Crippen LogP contribution in [0.15, 0.2) is 18.2 Å². The van der Waals surface area contributed by atoms with Gasteiger partial charge in [0.1, 0.15) is 6.61 Å². The second-order valence-electron chi connectivity index (χ2n) is 2.97. The predicted octanol–water partition coefficient (Wildman–Crippen LogP) is 1.19. The molecule has 0 fully saturated rings. The van der Waals surface area contributed by atoms with Crippen molar-refractivity contribution < 1.29 is 24.2 Å². The summed E-state index contributed by atoms with van der Waals surface area (Å²) < 4.78 is 9.05. The Balaban J connectivity index is 3.37. The Labute approximate surface area is 92.6 Å². The highest BCUT2D eigenvalue weighted by Crippen LogP contribution is 2.17. The molecule has 0 amide bonds. The molecule has 0 heterocycles. The highest BCUT2D eigenvalue weighted by molar-refractivity contribution is 6.04. The highest BCUT2D eigenvalue weighted by Gasteiger charge is 2.21. The van der Waals surface area contributed by atoms with E-state index in [1.54, 1.807) is 0 Å². The number of methoxy groups -OCH3 is 2. The molecule has 1 aromatic carbocycles. The first-order chi connectivity index (χ1) is 7.65. The Morgan fingerprint density at radius 2 is 1.75 bits per heavy atom. The van der Waals surface area contributed by atoms with Gasteiger partial charge in [-0.15, -0.1) is 0 Å². The lowest BCUT2D eigenvalue weighted by Crippen LogP contribution is -2.14. The van der Waals surface area contributed by atoms with E-state index in [1.165, 1.54) is 32.4 Å². The maximum Gasteiger partial charge on any atom is 0.339 e. The summed E-state index contributed by atoms with van der Waals surface area (Å²) in [6, 6.07) is 4.41. The van der Waals surface area contributed by atoms with Crippen molar-refractivity contribution in [3.05, 3.63) is 34.9 Å². The summed E-state index contributed by atoms with van der Waals surface area (Å²) in [5.74, 6) is -1.39. The molecule has 0 aromatic heterocycles. The second kappa shape index (κ2) is 5.27. The van der Waals surface area contributed by atoms with Gasteiger partial charge in [0.25, 0.3) is 0 Å². The van der Waals surface area contributed by atoms with Crippen molar-refractivity contribution in [2.45, 2.75) is 6.61 Å². The molecule has 0 N–H and O–H groups in total. The van der Waals surface area contributed by atoms with Crippen LogP contribution in [0.5, 0.6) is 0 Å². The van der Waals surface area contributed by atoms with Gasteiger partial charge in [0.05, 0.1) is 25.3 Å². The zero-order chi connectivity index (χ0) is 12.1. The Morgan fingerprint density at radius 3 is 2.25 bits per heavy atom. The fraction of sp³-hybridized carbons (Fsp3) is 0.273. The van der Waals surface area contributed by atoms with Gasteiger partial charge >= 0.3 is 11.9 Å². The molecule has 0 saturated carbocycles. The smallest absolute Gasteiger partial charge is 0.339 e. The van der Waals surface area contributed by atoms with Gasteiger partial charge in [-0.1, -0.05) is 12.1 Å². The van der Waals surface area contributed by atoms with Gasteiger partial charge in [-0.3, -0.25) is 0 Å². The molecule has 1 radical (unpaired) electrons. The van der Waals surface area contributed by atoms with E-state index < -0.39 is 18.5 Å². The molecule has 0 spiro atoms. The quantitative estimate of drug-likeness (QED) is 0.721. The van der Waals surface area contributed by atoms with Crippen molar-refractivity contribution in [1.82, 2.24) is 0 Å². The first-order valence-corrected chi connectivity index (χ1v) is 4.52. The minimum absolute atomic E-state index is 0.0214. The molecule has 1 rings (SSSR count). The Hall–Kier alpha value is -1.88. The molecule has 85 valence electrons. The first-order valence-electron chi connectivity index (χ1n) is 4.52. The lowest BCUT2D eigenvalue weighted by Gasteiger charge is -2.09. The van der Waals surface area contributed by atoms with Crippen LogP contribution in [0.2, 0.25) is 0 Å². The van der Waals surface area contributed by atoms with E-state index in [2.05, 4.69) is 9.47 Å². The van der Waals surface area contributed by atoms with Crippen molar-refractivity contribution in [3.63, 3.8) is 0 Å². The summed E-state index contributed by atoms with van der Waals surface area (Å²) in [5.41, 5.74) is 0.240. The summed E-state index contributed by atoms with van der Waals surface area (Å²) in [5, 5.41) is 10.9. The lowest BCUT2D eigenvalue weighted by atomic mass is 10.0. The van der Waals surface area contributed by atoms with Crippen molar-refractivity contribution >= 4 is 11.9 Å². The second-order valence-corrected chi connectivity index (χ2v) is 2.97. The third-order valence-electron chi connectivity index (χ3n) is 2.10. The van der Waals surface area contributed by atoms with E-state index in [0.29, 0.717) is 0 Å². The van der Waals surface area contributed by atoms with Crippen LogP contribution < -0.4 is 0 Å². The van der Waals surface area contributed by atoms with Gasteiger partial charge in [-0.2, -0.15) is 0 Å². The van der Waals surface area contributed by atoms with Crippen LogP contribution in [0.25, 0.3) is 0 Å². The summed E-state index contributed by atoms with van der Waals surface area (Å²) in [4.78, 5) is 22.9. The zero-order valence-electron chi connectivity index (χ0n) is 8.98. The van der Waals surface area contributed by atoms with E-state index in [4.69, 9.17) is 0 Å². The average molecular weight is 223 g/mol. The monoisotopic (exact) mass is 223 g/mol. The third-order valence-corrected chi connectivity index (χ3v) is 2.10. The van der Waals surface area contributed by atoms with Crippen LogP contribution in [0.3, 0.4) is 0 Å². The van der Waals surface area contributed by atoms with Crippen molar-refractivity contribution in [2.75, 3.05) is 14.2 Å². The maximum atomic E-state index is 11.5. The minimum atomic E-state index is -0.716. The van der Waals surface area contributed by atoms with Gasteiger partial charge in [-0.05, 0) is 11.6 Å². The molecule has 0 bridgehead atoms. The Bertz CT molecular complexity index is 411. The number of benzene rings is 1. The normalized spacial score (nSPS) is 9.69. The van der Waals surface area contributed by atoms with E-state index in [9.17, 15) is 14.7 Å². The standard InChI is InChI=1S/C11H11O5/c1-15-10(13)8-5-3-4-7(6-12)9(8)11(14)16-2/h3-5H,6H2,1-2H3. The first kappa shape index (κ1) is 12.2. The summed E-state index contributed by atoms with van der Waals surface area (Å²) >= 11 is 0. The van der Waals surface area contributed by atoms with Gasteiger partial charge in [0.2, 0.25) is 0 Å². The molecule has 0 aliphatic rings. The molecule has 0 aliphatic carbocycles. The molecular formula is C11H11O5. The predicted molar refractivity (Wildman–Crippen MR) is 53.5 cm³/mol. The highest BCUT2D eigenvalue weighted by atomic mass is 16.5. The summed E-state index contributed by atoms with van der Waals surface area (Å²) in [7, 11) is 2.39. The zero-order valence-corrected chi connectivity index (χ0v) is 8.98. The van der Waals surface area contributed by atoms with E-state index in [1.807, 2.05) is 0 Å². The van der Waals surface area contributed by atoms with Crippen LogP contribution in [0.1, 0.15) is 26.3 Å². The van der Waals surface area contributed by atoms with Gasteiger partial charge in [0.15, 0.2) is 0 Å². The fourth-order valence-corrected chi connectivity index (χ4v) is 1.34. The number of hydrogen-bond acceptors (Lipinski definition) is 4. The van der Waals surface area contributed by atoms with Crippen molar-refractivity contribution in [3.8, 4) is 0 Å². The van der Waals surface area contributed by atoms with Crippen LogP contribution >= 0.6 is 0 Å². The third kappa shape index (κ3) is 2.20. The van der Waals surface area contributed by atoms with Crippen LogP contribution in [0, 0.1) is 0 Å². The van der Waals surface area contributed by atoms with Crippen LogP contribution in [0.4, 0.5) is 0 Å². The van der Waals surface area contributed by atoms with Gasteiger partial charge in [0, 0.05) is 0 Å². The topological polar surface area (TPSA) is 72.5 Å². The molecule has 5 nitrogen and oxygen atoms in total. The maximum absolute atomic E-state index is 11.5. The molecule has 0 unspecified atom stereocenters. The van der Waals surface area contributed by atoms with E-state index in [0.717, 1.165) is 0 Å². The number of ether oxygens (including phenoxy) is 2. The Morgan fingerprint density at radius 1 is 1.12 bits per heavy atom. The number of carbonyl (C=O) groups excluding carboxylic acids is 2. The van der Waals surface area contributed by atoms with E-state index >= 15 is 0 Å². The number of hydrogen-bond donors (Lipinski definition) is 0. The van der Waals surface area contributed by atoms with Gasteiger partial charge in [-0.25, -0.2) is 14.7 Å². The molecule has 0 atom stereocenters. The lowest BCUT2D eigenvalue weighted by molar-refractivity contribution is 0.0551. The number of carbonyl (C=O) groups is 2. The molecule has 0 aliphatic heterocycles. The molecule has 5 heteroatoms. The molecule has 0 saturated heterocycles. The fourth-order valence-electron chi connectivity index (χ4n) is 1.34. The van der Waals surface area contributed by atoms with Crippen molar-refractivity contribution in [2.24, 2.45) is 0 Å². The van der Waals surface area contributed by atoms with Gasteiger partial charge < -0.3 is 9.47 Å². The summed E-state index contributed by atoms with van der Waals surface area (Å²) in [6.07, 6.45) is 0. The SMILES string of the molecule is COC(=O)c1cccc(C[O])c1C(=O)OC. The minimum Gasteiger partial charge on any atom is -0.465 e. The van der Waals surface area contributed by atoms with E-state index in [-0.39, 0.29) is 16.7 Å². The number of esters is 2. The van der Waals surface area contributed by atoms with Crippen LogP contribution in [-0.2, 0) is 21.2 Å². The van der Waals surface area contributed by atoms with Crippen LogP contribution in [-0.4, -0.2) is 26.2 Å². The molecule has 16 heavy (non-hydrogen) atoms. The largest absolute Gasteiger partial charge is 0.465 e. The molecular weight excluding hydrogens is 212 g/mol. The Kier molecular flexibility index (Phi) is 4.02. The van der Waals surface area contributed by atoms with Crippen molar-refractivity contribution in [1.29, 1.82) is 0 Å². The average Bonchev–Trinajstić information content (AvgIpc) is 2.35. The summed E-state index contributed by atoms with van der Waals surface area (Å²) in [6.45, 7) is -0.602. The molecule has 1 aromatic rings.